The second-order valence-corrected chi connectivity index (χ2v) is 5.56. The Morgan fingerprint density at radius 2 is 1.84 bits per heavy atom. The molecular weight excluding hydrogens is 290 g/mol. The number of hydrogen-bond donors (Lipinski definition) is 2. The Labute approximate surface area is 107 Å². The van der Waals surface area contributed by atoms with Gasteiger partial charge >= 0.3 is 5.76 Å². The molecule has 1 rings (SSSR count). The van der Waals surface area contributed by atoms with Crippen LogP contribution in [-0.4, -0.2) is 38.4 Å². The summed E-state index contributed by atoms with van der Waals surface area (Å²) in [6.07, 6.45) is 0. The predicted octanol–water partition coefficient (Wildman–Crippen LogP) is 1.72. The maximum absolute atomic E-state index is 12.8. The quantitative estimate of drug-likeness (QED) is 0.785. The number of halogens is 4. The van der Waals surface area contributed by atoms with E-state index < -0.39 is 39.6 Å². The van der Waals surface area contributed by atoms with Gasteiger partial charge in [0.1, 0.15) is 6.61 Å². The third kappa shape index (κ3) is 3.80. The summed E-state index contributed by atoms with van der Waals surface area (Å²) in [6, 6.07) is 4.48. The van der Waals surface area contributed by atoms with E-state index in [1.165, 1.54) is 12.1 Å². The van der Waals surface area contributed by atoms with E-state index in [-0.39, 0.29) is 5.69 Å². The summed E-state index contributed by atoms with van der Waals surface area (Å²) in [4.78, 5) is -0.765. The fourth-order valence-electron chi connectivity index (χ4n) is 1.24. The molecule has 0 spiro atoms. The molecule has 1 aromatic carbocycles. The van der Waals surface area contributed by atoms with Crippen LogP contribution in [-0.2, 0) is 9.84 Å². The monoisotopic (exact) mass is 301 g/mol. The first-order chi connectivity index (χ1) is 8.70. The van der Waals surface area contributed by atoms with Gasteiger partial charge in [-0.15, -0.1) is 0 Å². The minimum atomic E-state index is -4.89. The van der Waals surface area contributed by atoms with E-state index in [1.807, 2.05) is 5.32 Å². The number of anilines is 1. The Bertz CT molecular complexity index is 533. The molecule has 4 nitrogen and oxygen atoms in total. The number of aliphatic hydroxyl groups is 1. The lowest BCUT2D eigenvalue weighted by atomic mass is 10.3. The highest BCUT2D eigenvalue weighted by Crippen LogP contribution is 2.26. The average Bonchev–Trinajstić information content (AvgIpc) is 2.36. The van der Waals surface area contributed by atoms with Gasteiger partial charge in [0.25, 0.3) is 5.92 Å². The van der Waals surface area contributed by atoms with E-state index in [2.05, 4.69) is 0 Å². The number of para-hydroxylation sites is 1. The van der Waals surface area contributed by atoms with Gasteiger partial charge in [-0.3, -0.25) is 0 Å². The van der Waals surface area contributed by atoms with Crippen LogP contribution in [0.1, 0.15) is 0 Å². The molecule has 0 heterocycles. The molecule has 0 bridgehead atoms. The fraction of sp³-hybridized carbons (Fsp3) is 0.400. The molecule has 9 heteroatoms. The van der Waals surface area contributed by atoms with E-state index in [0.29, 0.717) is 0 Å². The summed E-state index contributed by atoms with van der Waals surface area (Å²) >= 11 is 0. The molecule has 0 atom stereocenters. The van der Waals surface area contributed by atoms with Gasteiger partial charge in [0.05, 0.1) is 17.1 Å². The van der Waals surface area contributed by atoms with Gasteiger partial charge in [-0.05, 0) is 12.1 Å². The molecular formula is C10H11F4NO3S. The molecule has 0 aliphatic heterocycles. The van der Waals surface area contributed by atoms with Gasteiger partial charge in [0, 0.05) is 0 Å². The minimum absolute atomic E-state index is 0.365. The Balaban J connectivity index is 3.05. The maximum atomic E-state index is 12.8. The molecule has 0 aliphatic rings. The minimum Gasteiger partial charge on any atom is -0.390 e. The molecule has 0 aliphatic carbocycles. The standard InChI is InChI=1S/C10H11F4NO3S/c11-9(12)19(17,18)8-4-2-1-3-7(8)15-5-10(13,14)6-16/h1-4,9,15-16H,5-6H2. The Morgan fingerprint density at radius 3 is 2.37 bits per heavy atom. The predicted molar refractivity (Wildman–Crippen MR) is 60.2 cm³/mol. The number of sulfone groups is 1. The Hall–Kier alpha value is -1.35. The fourth-order valence-corrected chi connectivity index (χ4v) is 2.14. The zero-order valence-electron chi connectivity index (χ0n) is 9.48. The third-order valence-corrected chi connectivity index (χ3v) is 3.64. The van der Waals surface area contributed by atoms with Crippen molar-refractivity contribution < 1.29 is 31.1 Å². The van der Waals surface area contributed by atoms with Crippen molar-refractivity contribution in [2.24, 2.45) is 0 Å². The van der Waals surface area contributed by atoms with Gasteiger partial charge < -0.3 is 10.4 Å². The zero-order valence-corrected chi connectivity index (χ0v) is 10.3. The van der Waals surface area contributed by atoms with Crippen LogP contribution < -0.4 is 5.32 Å². The van der Waals surface area contributed by atoms with E-state index in [1.54, 1.807) is 0 Å². The van der Waals surface area contributed by atoms with Crippen molar-refractivity contribution in [1.29, 1.82) is 0 Å². The average molecular weight is 301 g/mol. The van der Waals surface area contributed by atoms with E-state index in [0.717, 1.165) is 12.1 Å². The van der Waals surface area contributed by atoms with Crippen LogP contribution >= 0.6 is 0 Å². The highest BCUT2D eigenvalue weighted by molar-refractivity contribution is 7.91. The van der Waals surface area contributed by atoms with Crippen molar-refractivity contribution in [3.8, 4) is 0 Å². The number of aliphatic hydroxyl groups excluding tert-OH is 1. The third-order valence-electron chi connectivity index (χ3n) is 2.20. The highest BCUT2D eigenvalue weighted by Gasteiger charge is 2.31. The number of nitrogens with one attached hydrogen (secondary N) is 1. The van der Waals surface area contributed by atoms with Crippen LogP contribution in [0.4, 0.5) is 23.2 Å². The zero-order chi connectivity index (χ0) is 14.7. The molecule has 0 unspecified atom stereocenters. The summed E-state index contributed by atoms with van der Waals surface area (Å²) in [5.74, 6) is -7.13. The summed E-state index contributed by atoms with van der Waals surface area (Å²) in [7, 11) is -4.89. The molecule has 0 amide bonds. The first-order valence-corrected chi connectivity index (χ1v) is 6.59. The molecule has 0 fully saturated rings. The van der Waals surface area contributed by atoms with Crippen LogP contribution in [0, 0.1) is 0 Å². The maximum Gasteiger partial charge on any atom is 0.341 e. The topological polar surface area (TPSA) is 66.4 Å². The van der Waals surface area contributed by atoms with E-state index in [9.17, 15) is 26.0 Å². The molecule has 0 radical (unpaired) electrons. The first kappa shape index (κ1) is 15.7. The smallest absolute Gasteiger partial charge is 0.341 e. The van der Waals surface area contributed by atoms with Crippen LogP contribution in [0.25, 0.3) is 0 Å². The lowest BCUT2D eigenvalue weighted by Gasteiger charge is -2.17. The van der Waals surface area contributed by atoms with E-state index in [4.69, 9.17) is 5.11 Å². The molecule has 2 N–H and O–H groups in total. The van der Waals surface area contributed by atoms with Gasteiger partial charge in [-0.25, -0.2) is 17.2 Å². The second-order valence-electron chi connectivity index (χ2n) is 3.67. The molecule has 1 aromatic rings. The molecule has 0 aromatic heterocycles. The van der Waals surface area contributed by atoms with Crippen LogP contribution in [0.2, 0.25) is 0 Å². The normalized spacial score (nSPS) is 12.7. The summed E-state index contributed by atoms with van der Waals surface area (Å²) < 4.78 is 73.1. The number of rotatable bonds is 6. The van der Waals surface area contributed by atoms with Gasteiger partial charge in [-0.2, -0.15) is 8.78 Å². The van der Waals surface area contributed by atoms with Crippen molar-refractivity contribution in [3.05, 3.63) is 24.3 Å². The SMILES string of the molecule is O=S(=O)(c1ccccc1NCC(F)(F)CO)C(F)F. The molecule has 19 heavy (non-hydrogen) atoms. The van der Waals surface area contributed by atoms with Crippen molar-refractivity contribution in [2.45, 2.75) is 16.6 Å². The largest absolute Gasteiger partial charge is 0.390 e. The highest BCUT2D eigenvalue weighted by atomic mass is 32.2. The van der Waals surface area contributed by atoms with Gasteiger partial charge in [0.2, 0.25) is 9.84 Å². The molecule has 0 saturated heterocycles. The molecule has 0 saturated carbocycles. The summed E-state index contributed by atoms with van der Waals surface area (Å²) in [6.45, 7) is -2.51. The van der Waals surface area contributed by atoms with Crippen LogP contribution in [0.15, 0.2) is 29.2 Å². The summed E-state index contributed by atoms with van der Waals surface area (Å²) in [5, 5.41) is 10.4. The van der Waals surface area contributed by atoms with Crippen LogP contribution in [0.5, 0.6) is 0 Å². The van der Waals surface area contributed by atoms with Crippen molar-refractivity contribution in [2.75, 3.05) is 18.5 Å². The van der Waals surface area contributed by atoms with Crippen molar-refractivity contribution >= 4 is 15.5 Å². The Kier molecular flexibility index (Phi) is 4.75. The Morgan fingerprint density at radius 1 is 1.26 bits per heavy atom. The lowest BCUT2D eigenvalue weighted by molar-refractivity contribution is -0.0373. The van der Waals surface area contributed by atoms with Gasteiger partial charge in [-0.1, -0.05) is 12.1 Å². The first-order valence-electron chi connectivity index (χ1n) is 5.04. The number of alkyl halides is 4. The van der Waals surface area contributed by atoms with Crippen molar-refractivity contribution in [3.63, 3.8) is 0 Å². The second kappa shape index (κ2) is 5.74. The van der Waals surface area contributed by atoms with Crippen molar-refractivity contribution in [1.82, 2.24) is 0 Å². The number of benzene rings is 1. The van der Waals surface area contributed by atoms with Crippen LogP contribution in [0.3, 0.4) is 0 Å². The number of hydrogen-bond acceptors (Lipinski definition) is 4. The molecule has 108 valence electrons. The summed E-state index contributed by atoms with van der Waals surface area (Å²) in [5.41, 5.74) is -0.365. The van der Waals surface area contributed by atoms with E-state index >= 15 is 0 Å². The van der Waals surface area contributed by atoms with Gasteiger partial charge in [0.15, 0.2) is 0 Å². The lowest BCUT2D eigenvalue weighted by Crippen LogP contribution is -2.31.